The van der Waals surface area contributed by atoms with Crippen molar-refractivity contribution in [1.29, 1.82) is 0 Å². The monoisotopic (exact) mass is 302 g/mol. The van der Waals surface area contributed by atoms with Crippen LogP contribution in [0.15, 0.2) is 16.7 Å². The SMILES string of the molecule is COC1CN(c2ncc(Br)cc2F)CCC1C. The minimum absolute atomic E-state index is 0.147. The summed E-state index contributed by atoms with van der Waals surface area (Å²) in [6.45, 7) is 3.69. The number of halogens is 2. The van der Waals surface area contributed by atoms with E-state index in [0.29, 0.717) is 22.8 Å². The Kier molecular flexibility index (Phi) is 3.99. The van der Waals surface area contributed by atoms with Crippen molar-refractivity contribution in [2.75, 3.05) is 25.1 Å². The Morgan fingerprint density at radius 1 is 1.59 bits per heavy atom. The van der Waals surface area contributed by atoms with Crippen LogP contribution in [-0.4, -0.2) is 31.3 Å². The van der Waals surface area contributed by atoms with Crippen molar-refractivity contribution in [3.63, 3.8) is 0 Å². The Morgan fingerprint density at radius 2 is 2.35 bits per heavy atom. The first kappa shape index (κ1) is 12.8. The van der Waals surface area contributed by atoms with Gasteiger partial charge in [-0.05, 0) is 34.3 Å². The van der Waals surface area contributed by atoms with E-state index in [1.165, 1.54) is 6.07 Å². The number of anilines is 1. The normalized spacial score (nSPS) is 25.1. The molecule has 0 bridgehead atoms. The number of aromatic nitrogens is 1. The van der Waals surface area contributed by atoms with Gasteiger partial charge in [0.1, 0.15) is 0 Å². The molecular formula is C12H16BrFN2O. The molecule has 2 rings (SSSR count). The first-order valence-electron chi connectivity index (χ1n) is 5.70. The molecule has 1 aromatic heterocycles. The number of methoxy groups -OCH3 is 1. The Hall–Kier alpha value is -0.680. The molecule has 94 valence electrons. The van der Waals surface area contributed by atoms with Gasteiger partial charge >= 0.3 is 0 Å². The van der Waals surface area contributed by atoms with Crippen molar-refractivity contribution < 1.29 is 9.13 Å². The fraction of sp³-hybridized carbons (Fsp3) is 0.583. The zero-order valence-electron chi connectivity index (χ0n) is 9.99. The molecule has 5 heteroatoms. The number of rotatable bonds is 2. The van der Waals surface area contributed by atoms with Crippen LogP contribution in [-0.2, 0) is 4.74 Å². The highest BCUT2D eigenvalue weighted by Crippen LogP contribution is 2.26. The lowest BCUT2D eigenvalue weighted by Crippen LogP contribution is -2.44. The molecule has 2 atom stereocenters. The molecule has 1 fully saturated rings. The van der Waals surface area contributed by atoms with E-state index in [9.17, 15) is 4.39 Å². The van der Waals surface area contributed by atoms with E-state index in [1.54, 1.807) is 13.3 Å². The molecule has 1 aromatic rings. The topological polar surface area (TPSA) is 25.4 Å². The van der Waals surface area contributed by atoms with Crippen LogP contribution in [0.25, 0.3) is 0 Å². The van der Waals surface area contributed by atoms with Gasteiger partial charge in [-0.15, -0.1) is 0 Å². The molecule has 0 N–H and O–H groups in total. The maximum Gasteiger partial charge on any atom is 0.166 e. The summed E-state index contributed by atoms with van der Waals surface area (Å²) in [5.74, 6) is 0.640. The van der Waals surface area contributed by atoms with Crippen LogP contribution in [0.1, 0.15) is 13.3 Å². The molecule has 1 aliphatic heterocycles. The summed E-state index contributed by atoms with van der Waals surface area (Å²) >= 11 is 3.21. The standard InChI is InChI=1S/C12H16BrFN2O/c1-8-3-4-16(7-11(8)17-2)12-10(14)5-9(13)6-15-12/h5-6,8,11H,3-4,7H2,1-2H3. The Balaban J connectivity index is 2.17. The van der Waals surface area contributed by atoms with Gasteiger partial charge in [0.25, 0.3) is 0 Å². The quantitative estimate of drug-likeness (QED) is 0.840. The lowest BCUT2D eigenvalue weighted by molar-refractivity contribution is 0.0495. The van der Waals surface area contributed by atoms with E-state index in [0.717, 1.165) is 13.0 Å². The number of hydrogen-bond acceptors (Lipinski definition) is 3. The van der Waals surface area contributed by atoms with Gasteiger partial charge in [-0.1, -0.05) is 6.92 Å². The van der Waals surface area contributed by atoms with Crippen LogP contribution in [0.3, 0.4) is 0 Å². The van der Waals surface area contributed by atoms with E-state index >= 15 is 0 Å². The zero-order valence-corrected chi connectivity index (χ0v) is 11.6. The van der Waals surface area contributed by atoms with E-state index in [-0.39, 0.29) is 11.9 Å². The van der Waals surface area contributed by atoms with Gasteiger partial charge < -0.3 is 9.64 Å². The zero-order chi connectivity index (χ0) is 12.4. The second-order valence-corrected chi connectivity index (χ2v) is 5.36. The number of piperidine rings is 1. The van der Waals surface area contributed by atoms with Crippen LogP contribution in [0.2, 0.25) is 0 Å². The predicted octanol–water partition coefficient (Wildman–Crippen LogP) is 2.84. The molecular weight excluding hydrogens is 287 g/mol. The Labute approximate surface area is 109 Å². The largest absolute Gasteiger partial charge is 0.379 e. The first-order valence-corrected chi connectivity index (χ1v) is 6.50. The molecule has 0 aromatic carbocycles. The highest BCUT2D eigenvalue weighted by molar-refractivity contribution is 9.10. The van der Waals surface area contributed by atoms with Crippen LogP contribution in [0.4, 0.5) is 10.2 Å². The van der Waals surface area contributed by atoms with Crippen LogP contribution < -0.4 is 4.90 Å². The highest BCUT2D eigenvalue weighted by Gasteiger charge is 2.28. The van der Waals surface area contributed by atoms with Crippen LogP contribution in [0.5, 0.6) is 0 Å². The summed E-state index contributed by atoms with van der Waals surface area (Å²) < 4.78 is 19.9. The Morgan fingerprint density at radius 3 is 3.00 bits per heavy atom. The lowest BCUT2D eigenvalue weighted by atomic mass is 9.96. The molecule has 0 aliphatic carbocycles. The third-order valence-corrected chi connectivity index (χ3v) is 3.71. The molecule has 0 spiro atoms. The average Bonchev–Trinajstić information content (AvgIpc) is 2.30. The van der Waals surface area contributed by atoms with Crippen molar-refractivity contribution >= 4 is 21.7 Å². The highest BCUT2D eigenvalue weighted by atomic mass is 79.9. The summed E-state index contributed by atoms with van der Waals surface area (Å²) in [6, 6.07) is 1.45. The van der Waals surface area contributed by atoms with Gasteiger partial charge in [0.15, 0.2) is 11.6 Å². The minimum Gasteiger partial charge on any atom is -0.379 e. The number of hydrogen-bond donors (Lipinski definition) is 0. The number of pyridine rings is 1. The van der Waals surface area contributed by atoms with Crippen molar-refractivity contribution in [3.8, 4) is 0 Å². The van der Waals surface area contributed by atoms with Gasteiger partial charge in [-0.3, -0.25) is 0 Å². The smallest absolute Gasteiger partial charge is 0.166 e. The second kappa shape index (κ2) is 5.31. The Bertz CT molecular complexity index is 402. The third kappa shape index (κ3) is 2.77. The van der Waals surface area contributed by atoms with Gasteiger partial charge in [0, 0.05) is 30.9 Å². The summed E-state index contributed by atoms with van der Waals surface area (Å²) in [4.78, 5) is 6.10. The molecule has 2 heterocycles. The van der Waals surface area contributed by atoms with E-state index in [1.807, 2.05) is 4.90 Å². The fourth-order valence-electron chi connectivity index (χ4n) is 2.17. The molecule has 1 saturated heterocycles. The molecule has 0 amide bonds. The maximum absolute atomic E-state index is 13.8. The number of ether oxygens (including phenoxy) is 1. The van der Waals surface area contributed by atoms with Crippen LogP contribution >= 0.6 is 15.9 Å². The summed E-state index contributed by atoms with van der Waals surface area (Å²) in [7, 11) is 1.70. The summed E-state index contributed by atoms with van der Waals surface area (Å²) in [6.07, 6.45) is 2.77. The van der Waals surface area contributed by atoms with Gasteiger partial charge in [-0.25, -0.2) is 9.37 Å². The summed E-state index contributed by atoms with van der Waals surface area (Å²) in [5.41, 5.74) is 0. The predicted molar refractivity (Wildman–Crippen MR) is 68.7 cm³/mol. The van der Waals surface area contributed by atoms with E-state index in [2.05, 4.69) is 27.8 Å². The van der Waals surface area contributed by atoms with E-state index < -0.39 is 0 Å². The minimum atomic E-state index is -0.288. The van der Waals surface area contributed by atoms with Crippen molar-refractivity contribution in [1.82, 2.24) is 4.98 Å². The van der Waals surface area contributed by atoms with Crippen LogP contribution in [0, 0.1) is 11.7 Å². The van der Waals surface area contributed by atoms with Crippen molar-refractivity contribution in [2.45, 2.75) is 19.4 Å². The molecule has 17 heavy (non-hydrogen) atoms. The summed E-state index contributed by atoms with van der Waals surface area (Å²) in [5, 5.41) is 0. The van der Waals surface area contributed by atoms with Gasteiger partial charge in [-0.2, -0.15) is 0 Å². The first-order chi connectivity index (χ1) is 8.11. The second-order valence-electron chi connectivity index (χ2n) is 4.45. The molecule has 3 nitrogen and oxygen atoms in total. The maximum atomic E-state index is 13.8. The van der Waals surface area contributed by atoms with Gasteiger partial charge in [0.2, 0.25) is 0 Å². The average molecular weight is 303 g/mol. The fourth-order valence-corrected chi connectivity index (χ4v) is 2.48. The molecule has 1 aliphatic rings. The third-order valence-electron chi connectivity index (χ3n) is 3.28. The van der Waals surface area contributed by atoms with Gasteiger partial charge in [0.05, 0.1) is 6.10 Å². The molecule has 0 saturated carbocycles. The number of nitrogens with zero attached hydrogens (tertiary/aromatic N) is 2. The lowest BCUT2D eigenvalue weighted by Gasteiger charge is -2.36. The van der Waals surface area contributed by atoms with Crippen molar-refractivity contribution in [3.05, 3.63) is 22.6 Å². The molecule has 0 radical (unpaired) electrons. The van der Waals surface area contributed by atoms with E-state index in [4.69, 9.17) is 4.74 Å². The van der Waals surface area contributed by atoms with Crippen molar-refractivity contribution in [2.24, 2.45) is 5.92 Å². The molecule has 2 unspecified atom stereocenters.